The predicted molar refractivity (Wildman–Crippen MR) is 90.8 cm³/mol. The number of aryl methyl sites for hydroxylation is 1. The zero-order chi connectivity index (χ0) is 15.6. The molecule has 0 fully saturated rings. The molecule has 1 amide bonds. The quantitative estimate of drug-likeness (QED) is 0.613. The van der Waals surface area contributed by atoms with Crippen LogP contribution in [0.3, 0.4) is 0 Å². The Balaban J connectivity index is 1.82. The Morgan fingerprint density at radius 1 is 0.955 bits per heavy atom. The fourth-order valence-corrected chi connectivity index (χ4v) is 2.17. The SMILES string of the molecule is CC/C(Cc1ccccc1)=N\NC(=O)CCc1ccccc1. The minimum atomic E-state index is -0.0390. The van der Waals surface area contributed by atoms with Gasteiger partial charge < -0.3 is 0 Å². The van der Waals surface area contributed by atoms with Crippen molar-refractivity contribution >= 4 is 11.6 Å². The molecular formula is C19H22N2O. The van der Waals surface area contributed by atoms with E-state index < -0.39 is 0 Å². The highest BCUT2D eigenvalue weighted by molar-refractivity contribution is 5.87. The topological polar surface area (TPSA) is 41.5 Å². The summed E-state index contributed by atoms with van der Waals surface area (Å²) in [5.74, 6) is -0.0390. The highest BCUT2D eigenvalue weighted by Crippen LogP contribution is 2.04. The van der Waals surface area contributed by atoms with E-state index in [1.165, 1.54) is 11.1 Å². The second-order valence-corrected chi connectivity index (χ2v) is 5.21. The van der Waals surface area contributed by atoms with Gasteiger partial charge in [-0.05, 0) is 24.0 Å². The molecule has 0 aliphatic carbocycles. The summed E-state index contributed by atoms with van der Waals surface area (Å²) in [7, 11) is 0. The van der Waals surface area contributed by atoms with Crippen LogP contribution in [0.1, 0.15) is 30.9 Å². The summed E-state index contributed by atoms with van der Waals surface area (Å²) >= 11 is 0. The smallest absolute Gasteiger partial charge is 0.240 e. The fourth-order valence-electron chi connectivity index (χ4n) is 2.17. The second-order valence-electron chi connectivity index (χ2n) is 5.21. The molecular weight excluding hydrogens is 272 g/mol. The van der Waals surface area contributed by atoms with Gasteiger partial charge in [-0.15, -0.1) is 0 Å². The molecule has 3 nitrogen and oxygen atoms in total. The highest BCUT2D eigenvalue weighted by atomic mass is 16.2. The van der Waals surface area contributed by atoms with Crippen LogP contribution < -0.4 is 5.43 Å². The maximum atomic E-state index is 11.9. The Kier molecular flexibility index (Phi) is 6.37. The number of carbonyl (C=O) groups is 1. The number of amides is 1. The number of nitrogens with one attached hydrogen (secondary N) is 1. The number of hydrazone groups is 1. The van der Waals surface area contributed by atoms with Crippen LogP contribution in [0.2, 0.25) is 0 Å². The van der Waals surface area contributed by atoms with E-state index in [1.54, 1.807) is 0 Å². The first-order valence-electron chi connectivity index (χ1n) is 7.70. The molecule has 114 valence electrons. The molecule has 0 aliphatic heterocycles. The van der Waals surface area contributed by atoms with Gasteiger partial charge in [0.15, 0.2) is 0 Å². The van der Waals surface area contributed by atoms with Crippen molar-refractivity contribution in [1.29, 1.82) is 0 Å². The molecule has 0 saturated carbocycles. The first kappa shape index (κ1) is 16.0. The average molecular weight is 294 g/mol. The van der Waals surface area contributed by atoms with Gasteiger partial charge in [-0.2, -0.15) is 5.10 Å². The van der Waals surface area contributed by atoms with E-state index in [-0.39, 0.29) is 5.91 Å². The van der Waals surface area contributed by atoms with Crippen molar-refractivity contribution in [3.63, 3.8) is 0 Å². The van der Waals surface area contributed by atoms with Gasteiger partial charge in [-0.1, -0.05) is 67.6 Å². The van der Waals surface area contributed by atoms with E-state index >= 15 is 0 Å². The van der Waals surface area contributed by atoms with Crippen LogP contribution in [-0.4, -0.2) is 11.6 Å². The Morgan fingerprint density at radius 2 is 1.55 bits per heavy atom. The van der Waals surface area contributed by atoms with Crippen LogP contribution in [0.15, 0.2) is 65.8 Å². The fraction of sp³-hybridized carbons (Fsp3) is 0.263. The van der Waals surface area contributed by atoms with Gasteiger partial charge in [0, 0.05) is 18.6 Å². The number of benzene rings is 2. The molecule has 0 spiro atoms. The van der Waals surface area contributed by atoms with Crippen LogP contribution in [0, 0.1) is 0 Å². The summed E-state index contributed by atoms with van der Waals surface area (Å²) in [6.07, 6.45) is 2.79. The van der Waals surface area contributed by atoms with Crippen LogP contribution in [0.4, 0.5) is 0 Å². The van der Waals surface area contributed by atoms with Crippen LogP contribution >= 0.6 is 0 Å². The van der Waals surface area contributed by atoms with E-state index in [1.807, 2.05) is 48.5 Å². The third-order valence-corrected chi connectivity index (χ3v) is 3.48. The lowest BCUT2D eigenvalue weighted by Crippen LogP contribution is -2.20. The van der Waals surface area contributed by atoms with E-state index in [4.69, 9.17) is 0 Å². The van der Waals surface area contributed by atoms with Crippen molar-refractivity contribution in [2.24, 2.45) is 5.10 Å². The third-order valence-electron chi connectivity index (χ3n) is 3.48. The average Bonchev–Trinajstić information content (AvgIpc) is 2.58. The molecule has 0 atom stereocenters. The van der Waals surface area contributed by atoms with E-state index in [0.29, 0.717) is 6.42 Å². The lowest BCUT2D eigenvalue weighted by atomic mass is 10.1. The minimum Gasteiger partial charge on any atom is -0.273 e. The van der Waals surface area contributed by atoms with Gasteiger partial charge in [0.05, 0.1) is 0 Å². The molecule has 0 aromatic heterocycles. The molecule has 0 radical (unpaired) electrons. The third kappa shape index (κ3) is 5.52. The zero-order valence-electron chi connectivity index (χ0n) is 13.0. The van der Waals surface area contributed by atoms with Gasteiger partial charge >= 0.3 is 0 Å². The first-order valence-corrected chi connectivity index (χ1v) is 7.70. The van der Waals surface area contributed by atoms with Gasteiger partial charge in [0.25, 0.3) is 0 Å². The number of hydrogen-bond acceptors (Lipinski definition) is 2. The Morgan fingerprint density at radius 3 is 2.14 bits per heavy atom. The van der Waals surface area contributed by atoms with Crippen LogP contribution in [0.25, 0.3) is 0 Å². The first-order chi connectivity index (χ1) is 10.8. The summed E-state index contributed by atoms with van der Waals surface area (Å²) in [6, 6.07) is 20.2. The molecule has 0 heterocycles. The number of nitrogens with zero attached hydrogens (tertiary/aromatic N) is 1. The lowest BCUT2D eigenvalue weighted by molar-refractivity contribution is -0.121. The summed E-state index contributed by atoms with van der Waals surface area (Å²) in [5.41, 5.74) is 6.04. The largest absolute Gasteiger partial charge is 0.273 e. The molecule has 2 aromatic carbocycles. The number of carbonyl (C=O) groups excluding carboxylic acids is 1. The van der Waals surface area contributed by atoms with E-state index in [2.05, 4.69) is 29.6 Å². The van der Waals surface area contributed by atoms with E-state index in [9.17, 15) is 4.79 Å². The molecule has 2 rings (SSSR count). The number of rotatable bonds is 7. The van der Waals surface area contributed by atoms with Gasteiger partial charge in [-0.25, -0.2) is 5.43 Å². The standard InChI is InChI=1S/C19H22N2O/c1-2-18(15-17-11-7-4-8-12-17)20-21-19(22)14-13-16-9-5-3-6-10-16/h3-12H,2,13-15H2,1H3,(H,21,22)/b20-18+. The van der Waals surface area contributed by atoms with Gasteiger partial charge in [0.1, 0.15) is 0 Å². The van der Waals surface area contributed by atoms with Crippen molar-refractivity contribution in [3.8, 4) is 0 Å². The Hall–Kier alpha value is -2.42. The van der Waals surface area contributed by atoms with E-state index in [0.717, 1.165) is 25.0 Å². The zero-order valence-corrected chi connectivity index (χ0v) is 13.0. The van der Waals surface area contributed by atoms with Gasteiger partial charge in [0.2, 0.25) is 5.91 Å². The van der Waals surface area contributed by atoms with Crippen molar-refractivity contribution in [2.75, 3.05) is 0 Å². The monoisotopic (exact) mass is 294 g/mol. The van der Waals surface area contributed by atoms with Crippen molar-refractivity contribution in [2.45, 2.75) is 32.6 Å². The van der Waals surface area contributed by atoms with Crippen LogP contribution in [0.5, 0.6) is 0 Å². The number of hydrogen-bond donors (Lipinski definition) is 1. The van der Waals surface area contributed by atoms with Crippen molar-refractivity contribution in [3.05, 3.63) is 71.8 Å². The Labute approximate surface area is 132 Å². The molecule has 0 aliphatic rings. The molecule has 0 unspecified atom stereocenters. The molecule has 22 heavy (non-hydrogen) atoms. The normalized spacial score (nSPS) is 11.2. The van der Waals surface area contributed by atoms with Crippen molar-refractivity contribution in [1.82, 2.24) is 5.43 Å². The molecule has 3 heteroatoms. The summed E-state index contributed by atoms with van der Waals surface area (Å²) in [5, 5.41) is 4.27. The summed E-state index contributed by atoms with van der Waals surface area (Å²) in [6.45, 7) is 2.05. The second kappa shape index (κ2) is 8.78. The maximum Gasteiger partial charge on any atom is 0.240 e. The molecule has 0 saturated heterocycles. The highest BCUT2D eigenvalue weighted by Gasteiger charge is 2.03. The van der Waals surface area contributed by atoms with Crippen LogP contribution in [-0.2, 0) is 17.6 Å². The summed E-state index contributed by atoms with van der Waals surface area (Å²) in [4.78, 5) is 11.9. The minimum absolute atomic E-state index is 0.0390. The summed E-state index contributed by atoms with van der Waals surface area (Å²) < 4.78 is 0. The molecule has 1 N–H and O–H groups in total. The molecule has 0 bridgehead atoms. The maximum absolute atomic E-state index is 11.9. The molecule has 2 aromatic rings. The van der Waals surface area contributed by atoms with Crippen molar-refractivity contribution < 1.29 is 4.79 Å². The Bertz CT molecular complexity index is 606. The predicted octanol–water partition coefficient (Wildman–Crippen LogP) is 3.74. The lowest BCUT2D eigenvalue weighted by Gasteiger charge is -2.05. The van der Waals surface area contributed by atoms with Gasteiger partial charge in [-0.3, -0.25) is 4.79 Å².